The second-order valence-corrected chi connectivity index (χ2v) is 3.39. The zero-order valence-corrected chi connectivity index (χ0v) is 6.84. The monoisotopic (exact) mass is 142 g/mol. The van der Waals surface area contributed by atoms with Crippen LogP contribution in [0, 0.1) is 0 Å². The molecule has 10 heavy (non-hydrogen) atoms. The van der Waals surface area contributed by atoms with Crippen LogP contribution in [0.1, 0.15) is 25.7 Å². The lowest BCUT2D eigenvalue weighted by Gasteiger charge is -2.29. The molecular formula is C8H16NO. The second-order valence-electron chi connectivity index (χ2n) is 3.39. The first kappa shape index (κ1) is 8.02. The Morgan fingerprint density at radius 1 is 1.10 bits per heavy atom. The Morgan fingerprint density at radius 2 is 1.60 bits per heavy atom. The highest BCUT2D eigenvalue weighted by molar-refractivity contribution is 4.75. The van der Waals surface area contributed by atoms with Crippen molar-refractivity contribution in [3.05, 3.63) is 0 Å². The van der Waals surface area contributed by atoms with Gasteiger partial charge in [-0.2, -0.15) is 0 Å². The fraction of sp³-hybridized carbons (Fsp3) is 1.00. The van der Waals surface area contributed by atoms with Gasteiger partial charge in [-0.3, -0.25) is 0 Å². The van der Waals surface area contributed by atoms with E-state index in [1.165, 1.54) is 0 Å². The molecule has 1 aliphatic rings. The summed E-state index contributed by atoms with van der Waals surface area (Å²) in [5, 5.41) is 10.9. The van der Waals surface area contributed by atoms with Gasteiger partial charge in [-0.1, -0.05) is 0 Å². The SMILES string of the molecule is CN(C)C1CCC([O])CC1. The van der Waals surface area contributed by atoms with Crippen LogP contribution in [-0.4, -0.2) is 31.1 Å². The molecular weight excluding hydrogens is 126 g/mol. The fourth-order valence-electron chi connectivity index (χ4n) is 1.56. The Morgan fingerprint density at radius 3 is 2.00 bits per heavy atom. The average Bonchev–Trinajstić information content (AvgIpc) is 1.88. The van der Waals surface area contributed by atoms with Crippen molar-refractivity contribution >= 4 is 0 Å². The molecule has 0 unspecified atom stereocenters. The molecule has 0 amide bonds. The lowest BCUT2D eigenvalue weighted by Crippen LogP contribution is -2.33. The summed E-state index contributed by atoms with van der Waals surface area (Å²) >= 11 is 0. The van der Waals surface area contributed by atoms with Crippen molar-refractivity contribution in [3.63, 3.8) is 0 Å². The smallest absolute Gasteiger partial charge is 0.0931 e. The van der Waals surface area contributed by atoms with Crippen LogP contribution in [0.4, 0.5) is 0 Å². The standard InChI is InChI=1S/C8H16NO/c1-9(2)7-3-5-8(10)6-4-7/h7-8H,3-6H2,1-2H3. The zero-order chi connectivity index (χ0) is 7.56. The Kier molecular flexibility index (Phi) is 2.69. The van der Waals surface area contributed by atoms with Crippen LogP contribution in [-0.2, 0) is 5.11 Å². The predicted molar refractivity (Wildman–Crippen MR) is 40.4 cm³/mol. The minimum absolute atomic E-state index is 0.267. The van der Waals surface area contributed by atoms with Crippen molar-refractivity contribution < 1.29 is 5.11 Å². The van der Waals surface area contributed by atoms with Crippen LogP contribution in [0.15, 0.2) is 0 Å². The van der Waals surface area contributed by atoms with E-state index >= 15 is 0 Å². The second kappa shape index (κ2) is 3.35. The molecule has 0 aromatic carbocycles. The maximum absolute atomic E-state index is 10.9. The minimum Gasteiger partial charge on any atom is -0.306 e. The van der Waals surface area contributed by atoms with E-state index in [1.807, 2.05) is 0 Å². The highest BCUT2D eigenvalue weighted by Crippen LogP contribution is 2.21. The van der Waals surface area contributed by atoms with Crippen LogP contribution in [0.3, 0.4) is 0 Å². The van der Waals surface area contributed by atoms with Gasteiger partial charge in [0.15, 0.2) is 0 Å². The topological polar surface area (TPSA) is 23.1 Å². The molecule has 2 heteroatoms. The number of rotatable bonds is 1. The molecule has 1 rings (SSSR count). The van der Waals surface area contributed by atoms with E-state index in [9.17, 15) is 5.11 Å². The number of hydrogen-bond donors (Lipinski definition) is 0. The first-order valence-corrected chi connectivity index (χ1v) is 4.02. The van der Waals surface area contributed by atoms with Crippen LogP contribution in [0.25, 0.3) is 0 Å². The van der Waals surface area contributed by atoms with Crippen molar-refractivity contribution in [3.8, 4) is 0 Å². The van der Waals surface area contributed by atoms with Crippen LogP contribution in [0.2, 0.25) is 0 Å². The minimum atomic E-state index is -0.267. The van der Waals surface area contributed by atoms with Crippen molar-refractivity contribution in [2.75, 3.05) is 14.1 Å². The van der Waals surface area contributed by atoms with E-state index in [1.54, 1.807) is 0 Å². The molecule has 1 aliphatic carbocycles. The zero-order valence-electron chi connectivity index (χ0n) is 6.84. The maximum atomic E-state index is 10.9. The highest BCUT2D eigenvalue weighted by Gasteiger charge is 2.21. The van der Waals surface area contributed by atoms with Gasteiger partial charge in [-0.15, -0.1) is 0 Å². The Labute approximate surface area is 62.8 Å². The molecule has 0 heterocycles. The third kappa shape index (κ3) is 1.96. The molecule has 0 saturated heterocycles. The van der Waals surface area contributed by atoms with Gasteiger partial charge in [0.2, 0.25) is 0 Å². The summed E-state index contributed by atoms with van der Waals surface area (Å²) < 4.78 is 0. The summed E-state index contributed by atoms with van der Waals surface area (Å²) in [6, 6.07) is 0.671. The van der Waals surface area contributed by atoms with Crippen molar-refractivity contribution in [1.82, 2.24) is 4.90 Å². The largest absolute Gasteiger partial charge is 0.306 e. The summed E-state index contributed by atoms with van der Waals surface area (Å²) in [4.78, 5) is 2.23. The summed E-state index contributed by atoms with van der Waals surface area (Å²) in [5.41, 5.74) is 0. The van der Waals surface area contributed by atoms with E-state index in [2.05, 4.69) is 19.0 Å². The van der Waals surface area contributed by atoms with Gasteiger partial charge in [-0.25, -0.2) is 5.11 Å². The van der Waals surface area contributed by atoms with Gasteiger partial charge in [-0.05, 0) is 39.8 Å². The van der Waals surface area contributed by atoms with Crippen molar-refractivity contribution in [2.45, 2.75) is 37.8 Å². The molecule has 0 N–H and O–H groups in total. The molecule has 0 spiro atoms. The van der Waals surface area contributed by atoms with E-state index in [0.717, 1.165) is 25.7 Å². The molecule has 0 bridgehead atoms. The number of hydrogen-bond acceptors (Lipinski definition) is 1. The van der Waals surface area contributed by atoms with Gasteiger partial charge < -0.3 is 4.90 Å². The molecule has 0 aromatic rings. The van der Waals surface area contributed by atoms with Crippen LogP contribution >= 0.6 is 0 Å². The van der Waals surface area contributed by atoms with E-state index < -0.39 is 0 Å². The molecule has 59 valence electrons. The third-order valence-electron chi connectivity index (χ3n) is 2.37. The molecule has 0 aliphatic heterocycles. The van der Waals surface area contributed by atoms with Gasteiger partial charge in [0, 0.05) is 6.04 Å². The van der Waals surface area contributed by atoms with Crippen molar-refractivity contribution in [1.29, 1.82) is 0 Å². The lowest BCUT2D eigenvalue weighted by molar-refractivity contribution is 0.0352. The molecule has 1 fully saturated rings. The Bertz CT molecular complexity index is 95.4. The summed E-state index contributed by atoms with van der Waals surface area (Å²) in [6.45, 7) is 0. The van der Waals surface area contributed by atoms with Crippen LogP contribution < -0.4 is 0 Å². The molecule has 0 atom stereocenters. The number of nitrogens with zero attached hydrogens (tertiary/aromatic N) is 1. The van der Waals surface area contributed by atoms with Gasteiger partial charge in [0.25, 0.3) is 0 Å². The Balaban J connectivity index is 2.26. The van der Waals surface area contributed by atoms with Gasteiger partial charge in [0.1, 0.15) is 0 Å². The summed E-state index contributed by atoms with van der Waals surface area (Å²) in [7, 11) is 4.19. The maximum Gasteiger partial charge on any atom is 0.0931 e. The quantitative estimate of drug-likeness (QED) is 0.541. The van der Waals surface area contributed by atoms with Crippen LogP contribution in [0.5, 0.6) is 0 Å². The van der Waals surface area contributed by atoms with Crippen molar-refractivity contribution in [2.24, 2.45) is 0 Å². The van der Waals surface area contributed by atoms with E-state index in [0.29, 0.717) is 6.04 Å². The van der Waals surface area contributed by atoms with Gasteiger partial charge >= 0.3 is 0 Å². The summed E-state index contributed by atoms with van der Waals surface area (Å²) in [5.74, 6) is 0. The first-order chi connectivity index (χ1) is 4.70. The summed E-state index contributed by atoms with van der Waals surface area (Å²) in [6.07, 6.45) is 3.68. The molecule has 2 nitrogen and oxygen atoms in total. The highest BCUT2D eigenvalue weighted by atomic mass is 16.3. The Hall–Kier alpha value is -0.0800. The molecule has 1 saturated carbocycles. The fourth-order valence-corrected chi connectivity index (χ4v) is 1.56. The molecule has 0 aromatic heterocycles. The average molecular weight is 142 g/mol. The normalized spacial score (nSPS) is 34.8. The third-order valence-corrected chi connectivity index (χ3v) is 2.37. The first-order valence-electron chi connectivity index (χ1n) is 4.02. The van der Waals surface area contributed by atoms with E-state index in [4.69, 9.17) is 0 Å². The van der Waals surface area contributed by atoms with E-state index in [-0.39, 0.29) is 6.10 Å². The predicted octanol–water partition coefficient (Wildman–Crippen LogP) is 1.29. The lowest BCUT2D eigenvalue weighted by atomic mass is 9.93. The van der Waals surface area contributed by atoms with Gasteiger partial charge in [0.05, 0.1) is 6.10 Å². The molecule has 1 radical (unpaired) electrons.